The van der Waals surface area contributed by atoms with Crippen molar-refractivity contribution in [3.8, 4) is 0 Å². The van der Waals surface area contributed by atoms with E-state index in [1.807, 2.05) is 20.8 Å². The summed E-state index contributed by atoms with van der Waals surface area (Å²) in [6.07, 6.45) is 3.45. The van der Waals surface area contributed by atoms with Crippen LogP contribution in [-0.4, -0.2) is 41.9 Å². The van der Waals surface area contributed by atoms with Gasteiger partial charge in [-0.05, 0) is 57.2 Å². The Bertz CT molecular complexity index is 1040. The molecule has 8 nitrogen and oxygen atoms in total. The Balaban J connectivity index is 1.47. The molecule has 0 aliphatic carbocycles. The Morgan fingerprint density at radius 3 is 2.35 bits per heavy atom. The lowest BCUT2D eigenvalue weighted by atomic mass is 9.96. The normalized spacial score (nSPS) is 24.3. The van der Waals surface area contributed by atoms with Gasteiger partial charge in [-0.2, -0.15) is 4.31 Å². The lowest BCUT2D eigenvalue weighted by molar-refractivity contribution is 0.0900. The second-order valence-corrected chi connectivity index (χ2v) is 11.0. The molecule has 2 aromatic rings. The van der Waals surface area contributed by atoms with Crippen LogP contribution in [0.2, 0.25) is 0 Å². The molecule has 2 saturated heterocycles. The maximum atomic E-state index is 13.4. The van der Waals surface area contributed by atoms with Crippen LogP contribution in [0.1, 0.15) is 68.3 Å². The zero-order valence-corrected chi connectivity index (χ0v) is 19.0. The van der Waals surface area contributed by atoms with Crippen LogP contribution in [0.4, 0.5) is 0 Å². The standard InChI is InChI=1S/C22H30N4O4S/c1-4-18-13-20(25-30-18)21(27)24-15-11-16-7-8-17(12-15)26(16)31(28,29)19-9-5-14(6-10-19)22(2,3)23/h5-6,9-10,13,15-17H,4,7-8,11-12,23H2,1-3H3,(H,24,27)/t15?,16-,17+. The monoisotopic (exact) mass is 446 g/mol. The number of aromatic nitrogens is 1. The molecule has 4 rings (SSSR count). The Morgan fingerprint density at radius 2 is 1.84 bits per heavy atom. The number of rotatable bonds is 6. The van der Waals surface area contributed by atoms with Crippen molar-refractivity contribution in [1.82, 2.24) is 14.8 Å². The van der Waals surface area contributed by atoms with Crippen LogP contribution >= 0.6 is 0 Å². The van der Waals surface area contributed by atoms with Crippen molar-refractivity contribution in [3.05, 3.63) is 47.3 Å². The first-order valence-corrected chi connectivity index (χ1v) is 12.2. The second kappa shape index (κ2) is 8.03. The van der Waals surface area contributed by atoms with Crippen LogP contribution in [0.3, 0.4) is 0 Å². The number of hydrogen-bond donors (Lipinski definition) is 2. The Kier molecular flexibility index (Phi) is 5.70. The van der Waals surface area contributed by atoms with Gasteiger partial charge in [0, 0.05) is 36.2 Å². The summed E-state index contributed by atoms with van der Waals surface area (Å²) < 4.78 is 33.5. The third-order valence-electron chi connectivity index (χ3n) is 6.32. The van der Waals surface area contributed by atoms with Crippen LogP contribution in [0.25, 0.3) is 0 Å². The van der Waals surface area contributed by atoms with Crippen molar-refractivity contribution in [1.29, 1.82) is 0 Å². The largest absolute Gasteiger partial charge is 0.361 e. The summed E-state index contributed by atoms with van der Waals surface area (Å²) in [6, 6.07) is 8.17. The van der Waals surface area contributed by atoms with E-state index in [2.05, 4.69) is 10.5 Å². The van der Waals surface area contributed by atoms with Crippen LogP contribution in [0.5, 0.6) is 0 Å². The molecule has 3 heterocycles. The number of hydrogen-bond acceptors (Lipinski definition) is 6. The lowest BCUT2D eigenvalue weighted by Gasteiger charge is -2.38. The van der Waals surface area contributed by atoms with Crippen molar-refractivity contribution >= 4 is 15.9 Å². The molecule has 3 atom stereocenters. The highest BCUT2D eigenvalue weighted by atomic mass is 32.2. The number of nitrogens with one attached hydrogen (secondary N) is 1. The van der Waals surface area contributed by atoms with E-state index in [0.717, 1.165) is 18.4 Å². The van der Waals surface area contributed by atoms with E-state index in [9.17, 15) is 13.2 Å². The summed E-state index contributed by atoms with van der Waals surface area (Å²) in [5.74, 6) is 0.388. The molecule has 0 radical (unpaired) electrons. The summed E-state index contributed by atoms with van der Waals surface area (Å²) >= 11 is 0. The maximum absolute atomic E-state index is 13.4. The van der Waals surface area contributed by atoms with Gasteiger partial charge in [-0.3, -0.25) is 4.79 Å². The smallest absolute Gasteiger partial charge is 0.273 e. The molecule has 31 heavy (non-hydrogen) atoms. The quantitative estimate of drug-likeness (QED) is 0.704. The van der Waals surface area contributed by atoms with Crippen LogP contribution in [0.15, 0.2) is 39.8 Å². The molecule has 0 saturated carbocycles. The van der Waals surface area contributed by atoms with E-state index in [1.165, 1.54) is 0 Å². The maximum Gasteiger partial charge on any atom is 0.273 e. The summed E-state index contributed by atoms with van der Waals surface area (Å²) in [5, 5.41) is 6.83. The minimum Gasteiger partial charge on any atom is -0.361 e. The molecule has 1 aromatic carbocycles. The zero-order chi connectivity index (χ0) is 22.4. The van der Waals surface area contributed by atoms with Crippen molar-refractivity contribution < 1.29 is 17.7 Å². The summed E-state index contributed by atoms with van der Waals surface area (Å²) in [7, 11) is -3.61. The van der Waals surface area contributed by atoms with Crippen molar-refractivity contribution in [2.75, 3.05) is 0 Å². The van der Waals surface area contributed by atoms with E-state index >= 15 is 0 Å². The van der Waals surface area contributed by atoms with Gasteiger partial charge in [0.2, 0.25) is 10.0 Å². The van der Waals surface area contributed by atoms with Gasteiger partial charge in [-0.15, -0.1) is 0 Å². The SMILES string of the molecule is CCc1cc(C(=O)NC2C[C@H]3CC[C@@H](C2)N3S(=O)(=O)c2ccc(C(C)(C)N)cc2)no1. The van der Waals surface area contributed by atoms with Crippen molar-refractivity contribution in [2.24, 2.45) is 5.73 Å². The minimum absolute atomic E-state index is 0.0846. The molecule has 1 aromatic heterocycles. The molecule has 168 valence electrons. The molecule has 3 N–H and O–H groups in total. The van der Waals surface area contributed by atoms with Crippen molar-refractivity contribution in [2.45, 2.75) is 81.4 Å². The fraction of sp³-hybridized carbons (Fsp3) is 0.545. The molecule has 0 spiro atoms. The number of amides is 1. The van der Waals surface area contributed by atoms with E-state index in [1.54, 1.807) is 34.6 Å². The van der Waals surface area contributed by atoms with Crippen LogP contribution in [0, 0.1) is 0 Å². The second-order valence-electron chi connectivity index (χ2n) is 9.14. The summed E-state index contributed by atoms with van der Waals surface area (Å²) in [6.45, 7) is 5.70. The molecule has 2 aliphatic heterocycles. The van der Waals surface area contributed by atoms with Gasteiger partial charge in [-0.1, -0.05) is 24.2 Å². The number of aryl methyl sites for hydroxylation is 1. The van der Waals surface area contributed by atoms with E-state index in [0.29, 0.717) is 25.0 Å². The number of carbonyl (C=O) groups is 1. The van der Waals surface area contributed by atoms with E-state index in [4.69, 9.17) is 10.3 Å². The van der Waals surface area contributed by atoms with Gasteiger partial charge >= 0.3 is 0 Å². The Labute approximate surface area is 183 Å². The third-order valence-corrected chi connectivity index (χ3v) is 8.33. The average Bonchev–Trinajstić information content (AvgIpc) is 3.31. The lowest BCUT2D eigenvalue weighted by Crippen LogP contribution is -2.52. The Hall–Kier alpha value is -2.23. The molecule has 9 heteroatoms. The topological polar surface area (TPSA) is 119 Å². The minimum atomic E-state index is -3.61. The van der Waals surface area contributed by atoms with Crippen LogP contribution < -0.4 is 11.1 Å². The predicted molar refractivity (Wildman–Crippen MR) is 116 cm³/mol. The number of nitrogens with zero attached hydrogens (tertiary/aromatic N) is 2. The highest BCUT2D eigenvalue weighted by Crippen LogP contribution is 2.40. The van der Waals surface area contributed by atoms with E-state index < -0.39 is 15.6 Å². The first-order valence-electron chi connectivity index (χ1n) is 10.8. The summed E-state index contributed by atoms with van der Waals surface area (Å²) in [5.41, 5.74) is 6.74. The highest BCUT2D eigenvalue weighted by Gasteiger charge is 2.47. The van der Waals surface area contributed by atoms with Gasteiger partial charge < -0.3 is 15.6 Å². The first kappa shape index (κ1) is 22.0. The van der Waals surface area contributed by atoms with Crippen molar-refractivity contribution in [3.63, 3.8) is 0 Å². The van der Waals surface area contributed by atoms with Gasteiger partial charge in [0.05, 0.1) is 4.90 Å². The first-order chi connectivity index (χ1) is 14.6. The number of piperidine rings is 1. The van der Waals surface area contributed by atoms with Crippen LogP contribution in [-0.2, 0) is 22.0 Å². The fourth-order valence-corrected chi connectivity index (χ4v) is 6.56. The van der Waals surface area contributed by atoms with Gasteiger partial charge in [0.25, 0.3) is 5.91 Å². The molecule has 2 aliphatic rings. The molecular formula is C22H30N4O4S. The fourth-order valence-electron chi connectivity index (χ4n) is 4.67. The highest BCUT2D eigenvalue weighted by molar-refractivity contribution is 7.89. The zero-order valence-electron chi connectivity index (χ0n) is 18.2. The molecule has 2 fully saturated rings. The number of fused-ring (bicyclic) bond motifs is 2. The third kappa shape index (κ3) is 4.26. The van der Waals surface area contributed by atoms with Gasteiger partial charge in [0.1, 0.15) is 5.76 Å². The van der Waals surface area contributed by atoms with Gasteiger partial charge in [0.15, 0.2) is 5.69 Å². The summed E-state index contributed by atoms with van der Waals surface area (Å²) in [4.78, 5) is 12.8. The van der Waals surface area contributed by atoms with Gasteiger partial charge in [-0.25, -0.2) is 8.42 Å². The molecular weight excluding hydrogens is 416 g/mol. The molecule has 1 amide bonds. The van der Waals surface area contributed by atoms with E-state index in [-0.39, 0.29) is 34.6 Å². The Morgan fingerprint density at radius 1 is 1.23 bits per heavy atom. The average molecular weight is 447 g/mol. The molecule has 2 bridgehead atoms. The number of benzene rings is 1. The number of nitrogens with two attached hydrogens (primary N) is 1. The molecule has 1 unspecified atom stereocenters. The number of carbonyl (C=O) groups excluding carboxylic acids is 1. The predicted octanol–water partition coefficient (Wildman–Crippen LogP) is 2.54. The number of sulfonamides is 1.